The lowest BCUT2D eigenvalue weighted by Crippen LogP contribution is -2.21. The van der Waals surface area contributed by atoms with E-state index in [1.165, 1.54) is 0 Å². The highest BCUT2D eigenvalue weighted by atomic mass is 35.5. The second-order valence-corrected chi connectivity index (χ2v) is 9.95. The number of carbonyl (C=O) groups excluding carboxylic acids is 1. The first-order valence-corrected chi connectivity index (χ1v) is 13.4. The van der Waals surface area contributed by atoms with E-state index in [0.717, 1.165) is 11.1 Å². The van der Waals surface area contributed by atoms with Crippen LogP contribution in [0.15, 0.2) is 96.4 Å². The molecule has 0 saturated carbocycles. The van der Waals surface area contributed by atoms with Gasteiger partial charge >= 0.3 is 5.97 Å². The zero-order valence-corrected chi connectivity index (χ0v) is 23.4. The highest BCUT2D eigenvalue weighted by Crippen LogP contribution is 2.45. The minimum absolute atomic E-state index is 0.0350. The number of hydrogen-bond acceptors (Lipinski definition) is 7. The van der Waals surface area contributed by atoms with E-state index in [-0.39, 0.29) is 17.2 Å². The summed E-state index contributed by atoms with van der Waals surface area (Å²) in [6, 6.07) is 26.4. The van der Waals surface area contributed by atoms with Crippen LogP contribution in [0.25, 0.3) is 0 Å². The first-order valence-electron chi connectivity index (χ1n) is 12.7. The molecule has 1 aliphatic heterocycles. The van der Waals surface area contributed by atoms with E-state index >= 15 is 0 Å². The highest BCUT2D eigenvalue weighted by Gasteiger charge is 2.32. The number of nitriles is 1. The van der Waals surface area contributed by atoms with Gasteiger partial charge in [-0.2, -0.15) is 5.26 Å². The van der Waals surface area contributed by atoms with E-state index < -0.39 is 11.9 Å². The van der Waals surface area contributed by atoms with Crippen LogP contribution in [0.3, 0.4) is 0 Å². The van der Waals surface area contributed by atoms with Crippen molar-refractivity contribution in [1.29, 1.82) is 5.26 Å². The van der Waals surface area contributed by atoms with E-state index in [2.05, 4.69) is 6.07 Å². The molecule has 0 fully saturated rings. The van der Waals surface area contributed by atoms with Gasteiger partial charge in [-0.25, -0.2) is 4.79 Å². The molecule has 0 aromatic heterocycles. The predicted molar refractivity (Wildman–Crippen MR) is 156 cm³/mol. The lowest BCUT2D eigenvalue weighted by Gasteiger charge is -2.27. The number of hydrogen-bond donors (Lipinski definition) is 1. The Morgan fingerprint density at radius 1 is 0.927 bits per heavy atom. The number of rotatable bonds is 8. The van der Waals surface area contributed by atoms with Gasteiger partial charge < -0.3 is 24.7 Å². The lowest BCUT2D eigenvalue weighted by molar-refractivity contribution is 0.0734. The molecule has 0 radical (unpaired) electrons. The molecule has 5 rings (SSSR count). The van der Waals surface area contributed by atoms with Gasteiger partial charge in [0, 0.05) is 21.7 Å². The van der Waals surface area contributed by atoms with Crippen LogP contribution >= 0.6 is 23.2 Å². The van der Waals surface area contributed by atoms with Gasteiger partial charge in [-0.3, -0.25) is 0 Å². The second kappa shape index (κ2) is 12.3. The highest BCUT2D eigenvalue weighted by molar-refractivity contribution is 6.30. The van der Waals surface area contributed by atoms with Gasteiger partial charge in [0.15, 0.2) is 11.5 Å². The quantitative estimate of drug-likeness (QED) is 0.169. The van der Waals surface area contributed by atoms with Crippen LogP contribution < -0.4 is 24.7 Å². The van der Waals surface area contributed by atoms with E-state index in [4.69, 9.17) is 47.9 Å². The number of esters is 1. The standard InChI is InChI=1S/C32H24Cl2N2O5/c1-2-38-29-15-21(7-14-27(29)39-18-19-3-8-22(33)9-4-19)30-25-13-12-24(16-28(25)41-31(36)26(30)17-35)40-32(37)20-5-10-23(34)11-6-20/h3-16,30H,2,18,36H2,1H3. The van der Waals surface area contributed by atoms with Crippen molar-refractivity contribution in [2.75, 3.05) is 6.61 Å². The summed E-state index contributed by atoms with van der Waals surface area (Å²) < 4.78 is 23.3. The number of fused-ring (bicyclic) bond motifs is 1. The Morgan fingerprint density at radius 3 is 2.32 bits per heavy atom. The molecule has 41 heavy (non-hydrogen) atoms. The smallest absolute Gasteiger partial charge is 0.343 e. The van der Waals surface area contributed by atoms with Crippen molar-refractivity contribution in [2.24, 2.45) is 5.73 Å². The average Bonchev–Trinajstić information content (AvgIpc) is 2.97. The number of benzene rings is 4. The second-order valence-electron chi connectivity index (χ2n) is 9.08. The molecule has 9 heteroatoms. The molecule has 1 unspecified atom stereocenters. The number of nitrogens with zero attached hydrogens (tertiary/aromatic N) is 1. The normalized spacial score (nSPS) is 14.0. The zero-order chi connectivity index (χ0) is 28.9. The third-order valence-electron chi connectivity index (χ3n) is 6.39. The van der Waals surface area contributed by atoms with Crippen molar-refractivity contribution in [3.8, 4) is 29.1 Å². The van der Waals surface area contributed by atoms with Gasteiger partial charge in [-0.05, 0) is 72.6 Å². The zero-order valence-electron chi connectivity index (χ0n) is 21.9. The molecular formula is C32H24Cl2N2O5. The molecule has 1 heterocycles. The minimum Gasteiger partial charge on any atom is -0.490 e. The van der Waals surface area contributed by atoms with Crippen molar-refractivity contribution in [1.82, 2.24) is 0 Å². The van der Waals surface area contributed by atoms with Crippen LogP contribution in [0.4, 0.5) is 0 Å². The maximum atomic E-state index is 12.6. The van der Waals surface area contributed by atoms with E-state index in [0.29, 0.717) is 51.6 Å². The van der Waals surface area contributed by atoms with Crippen LogP contribution in [0, 0.1) is 11.3 Å². The van der Waals surface area contributed by atoms with Crippen LogP contribution in [0.2, 0.25) is 10.0 Å². The van der Waals surface area contributed by atoms with Crippen molar-refractivity contribution in [3.63, 3.8) is 0 Å². The largest absolute Gasteiger partial charge is 0.490 e. The van der Waals surface area contributed by atoms with E-state index in [9.17, 15) is 10.1 Å². The predicted octanol–water partition coefficient (Wildman–Crippen LogP) is 7.41. The Morgan fingerprint density at radius 2 is 1.63 bits per heavy atom. The first-order chi connectivity index (χ1) is 19.9. The van der Waals surface area contributed by atoms with E-state index in [1.807, 2.05) is 31.2 Å². The number of nitrogens with two attached hydrogens (primary N) is 1. The van der Waals surface area contributed by atoms with Crippen molar-refractivity contribution >= 4 is 29.2 Å². The molecule has 2 N–H and O–H groups in total. The Bertz CT molecular complexity index is 1660. The van der Waals surface area contributed by atoms with Crippen LogP contribution in [-0.4, -0.2) is 12.6 Å². The molecule has 0 spiro atoms. The van der Waals surface area contributed by atoms with Gasteiger partial charge in [0.25, 0.3) is 0 Å². The number of carbonyl (C=O) groups is 1. The summed E-state index contributed by atoms with van der Waals surface area (Å²) in [5.41, 5.74) is 9.17. The molecular weight excluding hydrogens is 563 g/mol. The van der Waals surface area contributed by atoms with Gasteiger partial charge in [-0.1, -0.05) is 47.5 Å². The summed E-state index contributed by atoms with van der Waals surface area (Å²) in [6.07, 6.45) is 0. The molecule has 4 aromatic rings. The molecule has 206 valence electrons. The van der Waals surface area contributed by atoms with Crippen LogP contribution in [0.5, 0.6) is 23.0 Å². The average molecular weight is 587 g/mol. The fourth-order valence-corrected chi connectivity index (χ4v) is 4.68. The lowest BCUT2D eigenvalue weighted by atomic mass is 9.83. The van der Waals surface area contributed by atoms with Gasteiger partial charge in [-0.15, -0.1) is 0 Å². The third kappa shape index (κ3) is 6.25. The fourth-order valence-electron chi connectivity index (χ4n) is 4.43. The molecule has 0 amide bonds. The summed E-state index contributed by atoms with van der Waals surface area (Å²) >= 11 is 11.9. The topological polar surface area (TPSA) is 104 Å². The molecule has 0 bridgehead atoms. The third-order valence-corrected chi connectivity index (χ3v) is 6.89. The van der Waals surface area contributed by atoms with E-state index in [1.54, 1.807) is 60.7 Å². The summed E-state index contributed by atoms with van der Waals surface area (Å²) in [7, 11) is 0. The number of ether oxygens (including phenoxy) is 4. The fraction of sp³-hybridized carbons (Fsp3) is 0.125. The SMILES string of the molecule is CCOc1cc(C2C(C#N)=C(N)Oc3cc(OC(=O)c4ccc(Cl)cc4)ccc32)ccc1OCc1ccc(Cl)cc1. The molecule has 4 aromatic carbocycles. The van der Waals surface area contributed by atoms with Crippen molar-refractivity contribution < 1.29 is 23.7 Å². The Labute approximate surface area is 247 Å². The Hall–Kier alpha value is -4.64. The molecule has 1 aliphatic rings. The minimum atomic E-state index is -0.550. The summed E-state index contributed by atoms with van der Waals surface area (Å²) in [5.74, 6) is 0.576. The van der Waals surface area contributed by atoms with Crippen molar-refractivity contribution in [3.05, 3.63) is 129 Å². The van der Waals surface area contributed by atoms with Gasteiger partial charge in [0.05, 0.1) is 18.1 Å². The molecule has 7 nitrogen and oxygen atoms in total. The molecule has 1 atom stereocenters. The molecule has 0 aliphatic carbocycles. The Kier molecular flexibility index (Phi) is 8.34. The first kappa shape index (κ1) is 27.9. The Balaban J connectivity index is 1.44. The van der Waals surface area contributed by atoms with Crippen LogP contribution in [0.1, 0.15) is 39.9 Å². The van der Waals surface area contributed by atoms with Gasteiger partial charge in [0.1, 0.15) is 29.7 Å². The maximum Gasteiger partial charge on any atom is 0.343 e. The van der Waals surface area contributed by atoms with Crippen molar-refractivity contribution in [2.45, 2.75) is 19.4 Å². The summed E-state index contributed by atoms with van der Waals surface area (Å²) in [6.45, 7) is 2.62. The molecule has 0 saturated heterocycles. The monoisotopic (exact) mass is 586 g/mol. The summed E-state index contributed by atoms with van der Waals surface area (Å²) in [5, 5.41) is 11.1. The van der Waals surface area contributed by atoms with Crippen LogP contribution in [-0.2, 0) is 6.61 Å². The maximum absolute atomic E-state index is 12.6. The summed E-state index contributed by atoms with van der Waals surface area (Å²) in [4.78, 5) is 12.6. The number of halogens is 2. The number of allylic oxidation sites excluding steroid dienone is 1. The van der Waals surface area contributed by atoms with Gasteiger partial charge in [0.2, 0.25) is 5.88 Å².